The molecule has 2 aromatic carbocycles. The minimum atomic E-state index is 0.214. The third-order valence-electron chi connectivity index (χ3n) is 7.76. The third kappa shape index (κ3) is 6.60. The van der Waals surface area contributed by atoms with Gasteiger partial charge in [-0.2, -0.15) is 0 Å². The zero-order valence-corrected chi connectivity index (χ0v) is 22.1. The maximum absolute atomic E-state index is 13.3. The van der Waals surface area contributed by atoms with Gasteiger partial charge >= 0.3 is 0 Å². The molecule has 2 heterocycles. The lowest BCUT2D eigenvalue weighted by molar-refractivity contribution is -0.132. The molecule has 1 saturated heterocycles. The van der Waals surface area contributed by atoms with Crippen LogP contribution in [-0.4, -0.2) is 68.2 Å². The number of carbonyl (C=O) groups is 1. The summed E-state index contributed by atoms with van der Waals surface area (Å²) in [5.41, 5.74) is 9.79. The van der Waals surface area contributed by atoms with E-state index in [0.29, 0.717) is 31.6 Å². The molecule has 196 valence electrons. The number of unbranched alkanes of at least 4 members (excludes halogenated alkanes) is 1. The largest absolute Gasteiger partial charge is 0.496 e. The van der Waals surface area contributed by atoms with Gasteiger partial charge in [0.1, 0.15) is 11.5 Å². The van der Waals surface area contributed by atoms with Crippen LogP contribution in [0.4, 0.5) is 0 Å². The number of carbonyl (C=O) groups excluding carboxylic acids is 1. The molecule has 0 aliphatic carbocycles. The van der Waals surface area contributed by atoms with Gasteiger partial charge in [0.2, 0.25) is 5.91 Å². The van der Waals surface area contributed by atoms with Crippen LogP contribution < -0.4 is 15.2 Å². The number of hydrogen-bond acceptors (Lipinski definition) is 5. The Hall–Kier alpha value is -2.57. The number of methoxy groups -OCH3 is 1. The molecule has 2 atom stereocenters. The lowest BCUT2D eigenvalue weighted by Gasteiger charge is -2.28. The SMILES string of the molecule is CCCCN(CCN)C(=O)CN1CC(c2ccc3c(c2)CCO3)CC1CCCc1ccccc1OC. The van der Waals surface area contributed by atoms with Gasteiger partial charge < -0.3 is 20.1 Å². The topological polar surface area (TPSA) is 68.0 Å². The summed E-state index contributed by atoms with van der Waals surface area (Å²) in [6, 6.07) is 15.4. The van der Waals surface area contributed by atoms with Crippen molar-refractivity contribution in [2.75, 3.05) is 46.4 Å². The Balaban J connectivity index is 1.44. The first-order chi connectivity index (χ1) is 17.6. The molecule has 36 heavy (non-hydrogen) atoms. The number of rotatable bonds is 13. The fraction of sp³-hybridized carbons (Fsp3) is 0.567. The molecule has 1 fully saturated rings. The van der Waals surface area contributed by atoms with Crippen LogP contribution in [0.25, 0.3) is 0 Å². The van der Waals surface area contributed by atoms with E-state index in [1.807, 2.05) is 17.0 Å². The van der Waals surface area contributed by atoms with Crippen molar-refractivity contribution in [3.8, 4) is 11.5 Å². The Labute approximate surface area is 216 Å². The van der Waals surface area contributed by atoms with Gasteiger partial charge in [-0.1, -0.05) is 43.7 Å². The Kier molecular flexibility index (Phi) is 9.65. The van der Waals surface area contributed by atoms with Crippen molar-refractivity contribution < 1.29 is 14.3 Å². The highest BCUT2D eigenvalue weighted by Gasteiger charge is 2.34. The normalized spacial score (nSPS) is 19.2. The number of hydrogen-bond donors (Lipinski definition) is 1. The number of para-hydroxylation sites is 1. The summed E-state index contributed by atoms with van der Waals surface area (Å²) in [5, 5.41) is 0. The van der Waals surface area contributed by atoms with Gasteiger partial charge in [0.05, 0.1) is 20.3 Å². The molecule has 1 amide bonds. The monoisotopic (exact) mass is 493 g/mol. The fourth-order valence-electron chi connectivity index (χ4n) is 5.76. The number of ether oxygens (including phenoxy) is 2. The molecule has 2 unspecified atom stereocenters. The number of aryl methyl sites for hydroxylation is 1. The number of nitrogens with two attached hydrogens (primary N) is 1. The number of amides is 1. The van der Waals surface area contributed by atoms with Crippen molar-refractivity contribution in [3.63, 3.8) is 0 Å². The highest BCUT2D eigenvalue weighted by Crippen LogP contribution is 2.37. The minimum absolute atomic E-state index is 0.214. The van der Waals surface area contributed by atoms with Gasteiger partial charge in [0.25, 0.3) is 0 Å². The van der Waals surface area contributed by atoms with E-state index in [4.69, 9.17) is 15.2 Å². The molecule has 6 heteroatoms. The Morgan fingerprint density at radius 2 is 2.06 bits per heavy atom. The first-order valence-corrected chi connectivity index (χ1v) is 13.7. The molecule has 6 nitrogen and oxygen atoms in total. The summed E-state index contributed by atoms with van der Waals surface area (Å²) in [7, 11) is 1.74. The lowest BCUT2D eigenvalue weighted by Crippen LogP contribution is -2.44. The van der Waals surface area contributed by atoms with Crippen LogP contribution in [0.15, 0.2) is 42.5 Å². The average molecular weight is 494 g/mol. The van der Waals surface area contributed by atoms with Crippen molar-refractivity contribution in [2.24, 2.45) is 5.73 Å². The zero-order valence-electron chi connectivity index (χ0n) is 22.1. The zero-order chi connectivity index (χ0) is 25.3. The average Bonchev–Trinajstić information content (AvgIpc) is 3.53. The van der Waals surface area contributed by atoms with E-state index in [9.17, 15) is 4.79 Å². The van der Waals surface area contributed by atoms with Crippen LogP contribution in [0.2, 0.25) is 0 Å². The maximum atomic E-state index is 13.3. The van der Waals surface area contributed by atoms with Gasteiger partial charge in [-0.15, -0.1) is 0 Å². The van der Waals surface area contributed by atoms with E-state index in [1.165, 1.54) is 16.7 Å². The highest BCUT2D eigenvalue weighted by atomic mass is 16.5. The molecule has 0 spiro atoms. The van der Waals surface area contributed by atoms with E-state index in [1.54, 1.807) is 7.11 Å². The Morgan fingerprint density at radius 3 is 2.86 bits per heavy atom. The van der Waals surface area contributed by atoms with Gasteiger partial charge in [0.15, 0.2) is 0 Å². The molecule has 0 aromatic heterocycles. The van der Waals surface area contributed by atoms with E-state index < -0.39 is 0 Å². The van der Waals surface area contributed by atoms with E-state index >= 15 is 0 Å². The van der Waals surface area contributed by atoms with Gasteiger partial charge in [-0.05, 0) is 66.8 Å². The van der Waals surface area contributed by atoms with Crippen LogP contribution in [-0.2, 0) is 17.6 Å². The van der Waals surface area contributed by atoms with Gasteiger partial charge in [0, 0.05) is 38.6 Å². The van der Waals surface area contributed by atoms with E-state index in [0.717, 1.165) is 76.1 Å². The van der Waals surface area contributed by atoms with Crippen molar-refractivity contribution >= 4 is 5.91 Å². The molecule has 2 N–H and O–H groups in total. The predicted molar refractivity (Wildman–Crippen MR) is 145 cm³/mol. The summed E-state index contributed by atoms with van der Waals surface area (Å²) >= 11 is 0. The molecule has 2 aromatic rings. The van der Waals surface area contributed by atoms with Gasteiger partial charge in [-0.3, -0.25) is 9.69 Å². The first kappa shape index (κ1) is 26.5. The van der Waals surface area contributed by atoms with Crippen molar-refractivity contribution in [2.45, 2.75) is 63.8 Å². The molecule has 2 aliphatic heterocycles. The second-order valence-electron chi connectivity index (χ2n) is 10.2. The molecular formula is C30H43N3O3. The molecule has 4 rings (SSSR count). The number of likely N-dealkylation sites (tertiary alicyclic amines) is 1. The Morgan fingerprint density at radius 1 is 1.19 bits per heavy atom. The van der Waals surface area contributed by atoms with Crippen LogP contribution in [0.1, 0.15) is 61.6 Å². The molecule has 0 saturated carbocycles. The second-order valence-corrected chi connectivity index (χ2v) is 10.2. The first-order valence-electron chi connectivity index (χ1n) is 13.7. The molecule has 0 bridgehead atoms. The van der Waals surface area contributed by atoms with Crippen LogP contribution in [0, 0.1) is 0 Å². The smallest absolute Gasteiger partial charge is 0.236 e. The van der Waals surface area contributed by atoms with Crippen molar-refractivity contribution in [3.05, 3.63) is 59.2 Å². The quantitative estimate of drug-likeness (QED) is 0.448. The Bertz CT molecular complexity index is 995. The summed E-state index contributed by atoms with van der Waals surface area (Å²) < 4.78 is 11.3. The lowest BCUT2D eigenvalue weighted by atomic mass is 9.92. The standard InChI is InChI=1S/C30H43N3O3/c1-3-4-16-32(17-15-31)30(34)22-33-21-26(24-12-13-29-25(19-24)14-18-36-29)20-27(33)10-7-9-23-8-5-6-11-28(23)35-2/h5-6,8,11-13,19,26-27H,3-4,7,9-10,14-18,20-22,31H2,1-2H3. The molecule has 0 radical (unpaired) electrons. The molecule has 2 aliphatic rings. The highest BCUT2D eigenvalue weighted by molar-refractivity contribution is 5.78. The van der Waals surface area contributed by atoms with Crippen LogP contribution >= 0.6 is 0 Å². The van der Waals surface area contributed by atoms with Crippen LogP contribution in [0.5, 0.6) is 11.5 Å². The number of fused-ring (bicyclic) bond motifs is 1. The fourth-order valence-corrected chi connectivity index (χ4v) is 5.76. The number of benzene rings is 2. The summed E-state index contributed by atoms with van der Waals surface area (Å²) in [6.45, 7) is 6.30. The third-order valence-corrected chi connectivity index (χ3v) is 7.76. The number of nitrogens with zero attached hydrogens (tertiary/aromatic N) is 2. The molecular weight excluding hydrogens is 450 g/mol. The van der Waals surface area contributed by atoms with Crippen molar-refractivity contribution in [1.29, 1.82) is 0 Å². The summed E-state index contributed by atoms with van der Waals surface area (Å²) in [4.78, 5) is 17.7. The second kappa shape index (κ2) is 13.1. The van der Waals surface area contributed by atoms with Gasteiger partial charge in [-0.25, -0.2) is 0 Å². The van der Waals surface area contributed by atoms with Crippen LogP contribution in [0.3, 0.4) is 0 Å². The van der Waals surface area contributed by atoms with E-state index in [2.05, 4.69) is 42.2 Å². The van der Waals surface area contributed by atoms with Crippen molar-refractivity contribution in [1.82, 2.24) is 9.80 Å². The maximum Gasteiger partial charge on any atom is 0.236 e. The van der Waals surface area contributed by atoms with E-state index in [-0.39, 0.29) is 5.91 Å². The summed E-state index contributed by atoms with van der Waals surface area (Å²) in [5.74, 6) is 2.65. The minimum Gasteiger partial charge on any atom is -0.496 e. The summed E-state index contributed by atoms with van der Waals surface area (Å²) in [6.07, 6.45) is 7.31. The predicted octanol–water partition coefficient (Wildman–Crippen LogP) is 4.40.